The Bertz CT molecular complexity index is 797. The minimum Gasteiger partial charge on any atom is -0.334 e. The molecule has 0 unspecified atom stereocenters. The van der Waals surface area contributed by atoms with Gasteiger partial charge in [-0.25, -0.2) is 4.39 Å². The third-order valence-corrected chi connectivity index (χ3v) is 4.44. The highest BCUT2D eigenvalue weighted by Gasteiger charge is 2.31. The van der Waals surface area contributed by atoms with Crippen LogP contribution in [0.3, 0.4) is 0 Å². The maximum atomic E-state index is 13.0. The Morgan fingerprint density at radius 3 is 2.46 bits per heavy atom. The highest BCUT2D eigenvalue weighted by Crippen LogP contribution is 2.20. The molecule has 9 heteroatoms. The van der Waals surface area contributed by atoms with Gasteiger partial charge in [-0.05, 0) is 24.6 Å². The van der Waals surface area contributed by atoms with Gasteiger partial charge in [-0.1, -0.05) is 12.1 Å². The normalized spacial score (nSPS) is 15.2. The molecule has 1 amide bonds. The van der Waals surface area contributed by atoms with Crippen molar-refractivity contribution in [2.24, 2.45) is 0 Å². The van der Waals surface area contributed by atoms with Gasteiger partial charge in [0.05, 0.1) is 4.92 Å². The summed E-state index contributed by atoms with van der Waals surface area (Å²) in [5, 5.41) is 15.2. The minimum absolute atomic E-state index is 0.108. The van der Waals surface area contributed by atoms with Crippen molar-refractivity contribution in [3.05, 3.63) is 57.7 Å². The van der Waals surface area contributed by atoms with Gasteiger partial charge in [0.2, 0.25) is 5.69 Å². The van der Waals surface area contributed by atoms with Crippen LogP contribution in [0.2, 0.25) is 0 Å². The molecule has 1 aromatic heterocycles. The van der Waals surface area contributed by atoms with Gasteiger partial charge >= 0.3 is 5.69 Å². The van der Waals surface area contributed by atoms with Gasteiger partial charge < -0.3 is 4.90 Å². The maximum absolute atomic E-state index is 13.0. The first-order valence-electron chi connectivity index (χ1n) is 8.46. The Hall–Kier alpha value is -2.81. The molecule has 0 saturated carbocycles. The smallest absolute Gasteiger partial charge is 0.320 e. The fourth-order valence-electron chi connectivity index (χ4n) is 2.97. The molecule has 138 valence electrons. The number of aryl methyl sites for hydroxylation is 1. The molecule has 1 aromatic carbocycles. The van der Waals surface area contributed by atoms with E-state index in [4.69, 9.17) is 0 Å². The number of aromatic nitrogens is 2. The molecule has 0 radical (unpaired) electrons. The summed E-state index contributed by atoms with van der Waals surface area (Å²) in [7, 11) is 0. The number of nitro groups is 1. The number of rotatable bonds is 5. The van der Waals surface area contributed by atoms with Crippen molar-refractivity contribution in [2.75, 3.05) is 26.2 Å². The summed E-state index contributed by atoms with van der Waals surface area (Å²) in [5.74, 6) is -0.678. The van der Waals surface area contributed by atoms with Crippen molar-refractivity contribution in [1.82, 2.24) is 19.6 Å². The van der Waals surface area contributed by atoms with Crippen LogP contribution in [0.1, 0.15) is 23.0 Å². The number of nitrogens with zero attached hydrogens (tertiary/aromatic N) is 5. The molecule has 0 atom stereocenters. The van der Waals surface area contributed by atoms with Crippen molar-refractivity contribution in [1.29, 1.82) is 0 Å². The van der Waals surface area contributed by atoms with Crippen molar-refractivity contribution < 1.29 is 14.1 Å². The predicted octanol–water partition coefficient (Wildman–Crippen LogP) is 1.91. The van der Waals surface area contributed by atoms with Crippen LogP contribution >= 0.6 is 0 Å². The lowest BCUT2D eigenvalue weighted by molar-refractivity contribution is -0.385. The van der Waals surface area contributed by atoms with Gasteiger partial charge in [-0.15, -0.1) is 0 Å². The van der Waals surface area contributed by atoms with E-state index in [0.29, 0.717) is 39.3 Å². The molecule has 1 fully saturated rings. The van der Waals surface area contributed by atoms with Crippen LogP contribution in [0.15, 0.2) is 30.5 Å². The van der Waals surface area contributed by atoms with Crippen molar-refractivity contribution >= 4 is 11.6 Å². The van der Waals surface area contributed by atoms with Crippen LogP contribution in [0.25, 0.3) is 0 Å². The molecule has 0 bridgehead atoms. The maximum Gasteiger partial charge on any atom is 0.320 e. The number of halogens is 1. The molecule has 0 N–H and O–H groups in total. The highest BCUT2D eigenvalue weighted by atomic mass is 19.1. The largest absolute Gasteiger partial charge is 0.334 e. The Morgan fingerprint density at radius 2 is 1.88 bits per heavy atom. The van der Waals surface area contributed by atoms with Crippen LogP contribution in [0.4, 0.5) is 10.1 Å². The quantitative estimate of drug-likeness (QED) is 0.600. The van der Waals surface area contributed by atoms with E-state index in [1.807, 2.05) is 0 Å². The van der Waals surface area contributed by atoms with Crippen LogP contribution in [0.5, 0.6) is 0 Å². The molecule has 2 aromatic rings. The van der Waals surface area contributed by atoms with Crippen molar-refractivity contribution in [3.8, 4) is 0 Å². The summed E-state index contributed by atoms with van der Waals surface area (Å²) < 4.78 is 14.4. The molecule has 0 aliphatic carbocycles. The number of benzene rings is 1. The van der Waals surface area contributed by atoms with Crippen LogP contribution in [-0.4, -0.2) is 56.6 Å². The summed E-state index contributed by atoms with van der Waals surface area (Å²) in [6.45, 7) is 5.16. The second kappa shape index (κ2) is 7.61. The summed E-state index contributed by atoms with van der Waals surface area (Å²) in [6.07, 6.45) is 1.29. The number of hydrogen-bond donors (Lipinski definition) is 0. The van der Waals surface area contributed by atoms with Gasteiger partial charge in [0.25, 0.3) is 5.91 Å². The van der Waals surface area contributed by atoms with Gasteiger partial charge in [0, 0.05) is 39.3 Å². The van der Waals surface area contributed by atoms with Gasteiger partial charge in [-0.2, -0.15) is 5.10 Å². The van der Waals surface area contributed by atoms with E-state index >= 15 is 0 Å². The Balaban J connectivity index is 1.62. The van der Waals surface area contributed by atoms with Gasteiger partial charge in [-0.3, -0.25) is 24.5 Å². The first-order chi connectivity index (χ1) is 12.5. The van der Waals surface area contributed by atoms with E-state index in [2.05, 4.69) is 10.00 Å². The molecular formula is C17H20FN5O3. The van der Waals surface area contributed by atoms with E-state index in [9.17, 15) is 19.3 Å². The van der Waals surface area contributed by atoms with E-state index in [-0.39, 0.29) is 17.2 Å². The molecule has 3 rings (SSSR count). The summed E-state index contributed by atoms with van der Waals surface area (Å²) in [6, 6.07) is 6.35. The lowest BCUT2D eigenvalue weighted by Gasteiger charge is -2.34. The lowest BCUT2D eigenvalue weighted by Crippen LogP contribution is -2.48. The van der Waals surface area contributed by atoms with Crippen molar-refractivity contribution in [3.63, 3.8) is 0 Å². The van der Waals surface area contributed by atoms with Crippen molar-refractivity contribution in [2.45, 2.75) is 20.0 Å². The van der Waals surface area contributed by atoms with Gasteiger partial charge in [0.1, 0.15) is 12.0 Å². The fraction of sp³-hybridized carbons (Fsp3) is 0.412. The number of hydrogen-bond acceptors (Lipinski definition) is 5. The molecule has 1 aliphatic heterocycles. The SMILES string of the molecule is CCn1cc([N+](=O)[O-])c(C(=O)N2CCN(Cc3ccc(F)cc3)CC2)n1. The van der Waals surface area contributed by atoms with Crippen LogP contribution < -0.4 is 0 Å². The number of carbonyl (C=O) groups excluding carboxylic acids is 1. The zero-order valence-corrected chi connectivity index (χ0v) is 14.5. The molecule has 0 spiro atoms. The number of carbonyl (C=O) groups is 1. The first-order valence-corrected chi connectivity index (χ1v) is 8.46. The summed E-state index contributed by atoms with van der Waals surface area (Å²) >= 11 is 0. The Labute approximate surface area is 150 Å². The second-order valence-electron chi connectivity index (χ2n) is 6.17. The molecule has 1 saturated heterocycles. The second-order valence-corrected chi connectivity index (χ2v) is 6.17. The highest BCUT2D eigenvalue weighted by molar-refractivity contribution is 5.96. The third-order valence-electron chi connectivity index (χ3n) is 4.44. The zero-order chi connectivity index (χ0) is 18.7. The monoisotopic (exact) mass is 361 g/mol. The molecule has 26 heavy (non-hydrogen) atoms. The molecule has 1 aliphatic rings. The van der Waals surface area contributed by atoms with E-state index in [1.165, 1.54) is 23.0 Å². The number of piperazine rings is 1. The van der Waals surface area contributed by atoms with E-state index < -0.39 is 10.8 Å². The van der Waals surface area contributed by atoms with Gasteiger partial charge in [0.15, 0.2) is 0 Å². The molecule has 2 heterocycles. The fourth-order valence-corrected chi connectivity index (χ4v) is 2.97. The van der Waals surface area contributed by atoms with E-state index in [0.717, 1.165) is 5.56 Å². The summed E-state index contributed by atoms with van der Waals surface area (Å²) in [4.78, 5) is 27.0. The van der Waals surface area contributed by atoms with Crippen LogP contribution in [-0.2, 0) is 13.1 Å². The Morgan fingerprint density at radius 1 is 1.23 bits per heavy atom. The molecular weight excluding hydrogens is 341 g/mol. The first kappa shape index (κ1) is 18.0. The predicted molar refractivity (Wildman–Crippen MR) is 92.1 cm³/mol. The van der Waals surface area contributed by atoms with Crippen LogP contribution in [0, 0.1) is 15.9 Å². The zero-order valence-electron chi connectivity index (χ0n) is 14.5. The third kappa shape index (κ3) is 3.88. The lowest BCUT2D eigenvalue weighted by atomic mass is 10.2. The standard InChI is InChI=1S/C17H20FN5O3/c1-2-22-12-15(23(25)26)16(19-22)17(24)21-9-7-20(8-10-21)11-13-3-5-14(18)6-4-13/h3-6,12H,2,7-11H2,1H3. The minimum atomic E-state index is -0.572. The Kier molecular flexibility index (Phi) is 5.27. The van der Waals surface area contributed by atoms with E-state index in [1.54, 1.807) is 24.0 Å². The average molecular weight is 361 g/mol. The molecule has 8 nitrogen and oxygen atoms in total. The number of amides is 1. The average Bonchev–Trinajstić information content (AvgIpc) is 3.08. The topological polar surface area (TPSA) is 84.5 Å². The summed E-state index contributed by atoms with van der Waals surface area (Å²) in [5.41, 5.74) is 0.637.